The summed E-state index contributed by atoms with van der Waals surface area (Å²) < 4.78 is 34.4. The van der Waals surface area contributed by atoms with Crippen LogP contribution >= 0.6 is 0 Å². The van der Waals surface area contributed by atoms with Gasteiger partial charge in [0.05, 0.1) is 6.04 Å². The predicted molar refractivity (Wildman–Crippen MR) is 143 cm³/mol. The molecule has 0 radical (unpaired) electrons. The van der Waals surface area contributed by atoms with Gasteiger partial charge in [-0.15, -0.1) is 0 Å². The van der Waals surface area contributed by atoms with Gasteiger partial charge in [-0.2, -0.15) is 0 Å². The monoisotopic (exact) mass is 534 g/mol. The van der Waals surface area contributed by atoms with E-state index in [1.54, 1.807) is 0 Å². The molecule has 3 fully saturated rings. The van der Waals surface area contributed by atoms with E-state index in [4.69, 9.17) is 4.74 Å². The van der Waals surface area contributed by atoms with Crippen molar-refractivity contribution in [2.45, 2.75) is 109 Å². The highest BCUT2D eigenvalue weighted by atomic mass is 19.1. The molecule has 2 atom stereocenters. The van der Waals surface area contributed by atoms with Crippen LogP contribution in [0.2, 0.25) is 0 Å². The van der Waals surface area contributed by atoms with Gasteiger partial charge < -0.3 is 24.8 Å². The molecule has 4 rings (SSSR count). The van der Waals surface area contributed by atoms with E-state index in [2.05, 4.69) is 17.1 Å². The van der Waals surface area contributed by atoms with Crippen LogP contribution in [0.1, 0.15) is 90.7 Å². The van der Waals surface area contributed by atoms with Gasteiger partial charge in [-0.25, -0.2) is 18.4 Å². The maximum atomic E-state index is 14.9. The van der Waals surface area contributed by atoms with E-state index in [1.165, 1.54) is 18.6 Å². The van der Waals surface area contributed by atoms with Crippen LogP contribution in [-0.4, -0.2) is 76.7 Å². The lowest BCUT2D eigenvalue weighted by Gasteiger charge is -2.41. The van der Waals surface area contributed by atoms with Crippen molar-refractivity contribution in [3.63, 3.8) is 0 Å². The van der Waals surface area contributed by atoms with Crippen molar-refractivity contribution in [3.05, 3.63) is 35.4 Å². The maximum absolute atomic E-state index is 14.9. The van der Waals surface area contributed by atoms with Gasteiger partial charge in [-0.05, 0) is 78.0 Å². The quantitative estimate of drug-likeness (QED) is 0.477. The molecule has 1 N–H and O–H groups in total. The smallest absolute Gasteiger partial charge is 0.407 e. The molecule has 38 heavy (non-hydrogen) atoms. The highest BCUT2D eigenvalue weighted by Gasteiger charge is 2.46. The molecule has 7 nitrogen and oxygen atoms in total. The molecule has 2 unspecified atom stereocenters. The summed E-state index contributed by atoms with van der Waals surface area (Å²) in [7, 11) is 0. The number of hydrogen-bond donors (Lipinski definition) is 1. The van der Waals surface area contributed by atoms with Crippen molar-refractivity contribution in [2.75, 3.05) is 26.2 Å². The Kier molecular flexibility index (Phi) is 9.16. The van der Waals surface area contributed by atoms with Crippen molar-refractivity contribution in [1.82, 2.24) is 20.0 Å². The third-order valence-corrected chi connectivity index (χ3v) is 8.25. The molecular formula is C29H44F2N4O3. The number of halogens is 2. The van der Waals surface area contributed by atoms with Crippen molar-refractivity contribution < 1.29 is 23.1 Å². The Labute approximate surface area is 225 Å². The Balaban J connectivity index is 1.39. The first kappa shape index (κ1) is 28.6. The summed E-state index contributed by atoms with van der Waals surface area (Å²) in [6.45, 7) is 10.2. The summed E-state index contributed by atoms with van der Waals surface area (Å²) in [5, 5.41) is 2.83. The minimum atomic E-state index is -0.524. The number of ether oxygens (including phenoxy) is 1. The lowest BCUT2D eigenvalue weighted by atomic mass is 9.94. The number of alkyl carbamates (subject to hydrolysis) is 1. The molecule has 1 saturated carbocycles. The largest absolute Gasteiger partial charge is 0.444 e. The third-order valence-electron chi connectivity index (χ3n) is 8.25. The van der Waals surface area contributed by atoms with Crippen LogP contribution in [0.25, 0.3) is 0 Å². The first-order chi connectivity index (χ1) is 18.0. The number of rotatable bonds is 7. The summed E-state index contributed by atoms with van der Waals surface area (Å²) in [6.07, 6.45) is 7.29. The highest BCUT2D eigenvalue weighted by Crippen LogP contribution is 2.39. The van der Waals surface area contributed by atoms with E-state index in [1.807, 2.05) is 30.6 Å². The first-order valence-electron chi connectivity index (χ1n) is 14.3. The maximum Gasteiger partial charge on any atom is 0.407 e. The Morgan fingerprint density at radius 2 is 1.76 bits per heavy atom. The van der Waals surface area contributed by atoms with Crippen molar-refractivity contribution >= 4 is 12.1 Å². The Hall–Kier alpha value is -2.42. The number of nitrogens with zero attached hydrogens (tertiary/aromatic N) is 3. The van der Waals surface area contributed by atoms with Crippen LogP contribution in [0.3, 0.4) is 0 Å². The van der Waals surface area contributed by atoms with Gasteiger partial charge in [-0.1, -0.05) is 19.3 Å². The summed E-state index contributed by atoms with van der Waals surface area (Å²) >= 11 is 0. The van der Waals surface area contributed by atoms with Gasteiger partial charge in [-0.3, -0.25) is 0 Å². The molecule has 3 amide bonds. The normalized spacial score (nSPS) is 23.1. The molecule has 0 spiro atoms. The number of piperidine rings is 1. The molecule has 9 heteroatoms. The summed E-state index contributed by atoms with van der Waals surface area (Å²) in [5.41, 5.74) is -0.246. The van der Waals surface area contributed by atoms with Gasteiger partial charge in [0.15, 0.2) is 0 Å². The molecular weight excluding hydrogens is 490 g/mol. The highest BCUT2D eigenvalue weighted by molar-refractivity contribution is 5.78. The zero-order chi connectivity index (χ0) is 27.4. The van der Waals surface area contributed by atoms with Crippen molar-refractivity contribution in [3.8, 4) is 0 Å². The first-order valence-corrected chi connectivity index (χ1v) is 14.3. The predicted octanol–water partition coefficient (Wildman–Crippen LogP) is 5.84. The van der Waals surface area contributed by atoms with Crippen LogP contribution in [0.5, 0.6) is 0 Å². The molecule has 2 saturated heterocycles. The SMILES string of the molecule is CC(CCNC(=O)OC(C)(C)C)N1CCC(N2C(=O)N(C3CCCCC3)CC2c2cc(F)ccc2F)CC1. The molecule has 1 aromatic rings. The zero-order valence-electron chi connectivity index (χ0n) is 23.3. The fourth-order valence-corrected chi connectivity index (χ4v) is 6.25. The number of urea groups is 1. The van der Waals surface area contributed by atoms with E-state index in [0.29, 0.717) is 13.1 Å². The number of hydrogen-bond acceptors (Lipinski definition) is 4. The van der Waals surface area contributed by atoms with Gasteiger partial charge >= 0.3 is 12.1 Å². The van der Waals surface area contributed by atoms with Crippen LogP contribution in [0, 0.1) is 11.6 Å². The molecule has 212 valence electrons. The Morgan fingerprint density at radius 1 is 1.08 bits per heavy atom. The lowest BCUT2D eigenvalue weighted by Crippen LogP contribution is -2.50. The Bertz CT molecular complexity index is 971. The van der Waals surface area contributed by atoms with Crippen LogP contribution in [-0.2, 0) is 4.74 Å². The topological polar surface area (TPSA) is 65.1 Å². The zero-order valence-corrected chi connectivity index (χ0v) is 23.3. The molecule has 0 aromatic heterocycles. The van der Waals surface area contributed by atoms with E-state index in [-0.39, 0.29) is 29.7 Å². The number of likely N-dealkylation sites (tertiary alicyclic amines) is 1. The average molecular weight is 535 g/mol. The number of carbonyl (C=O) groups is 2. The second kappa shape index (κ2) is 12.2. The second-order valence-corrected chi connectivity index (χ2v) is 12.1. The van der Waals surface area contributed by atoms with E-state index in [9.17, 15) is 18.4 Å². The standard InChI is InChI=1S/C29H44F2N4O3/c1-20(12-15-32-27(36)38-29(2,3)4)33-16-13-23(14-17-33)35-26(24-18-21(30)10-11-25(24)31)19-34(28(35)37)22-8-6-5-7-9-22/h10-11,18,20,22-23,26H,5-9,12-17,19H2,1-4H3,(H,32,36). The van der Waals surface area contributed by atoms with Gasteiger partial charge in [0.1, 0.15) is 17.2 Å². The molecule has 0 bridgehead atoms. The van der Waals surface area contributed by atoms with Crippen LogP contribution < -0.4 is 5.32 Å². The van der Waals surface area contributed by atoms with Crippen molar-refractivity contribution in [2.24, 2.45) is 0 Å². The Morgan fingerprint density at radius 3 is 2.42 bits per heavy atom. The van der Waals surface area contributed by atoms with Gasteiger partial charge in [0.2, 0.25) is 0 Å². The second-order valence-electron chi connectivity index (χ2n) is 12.1. The molecule has 2 heterocycles. The fraction of sp³-hybridized carbons (Fsp3) is 0.724. The molecule has 2 aliphatic heterocycles. The number of benzene rings is 1. The summed E-state index contributed by atoms with van der Waals surface area (Å²) in [4.78, 5) is 31.9. The average Bonchev–Trinajstić information content (AvgIpc) is 3.21. The summed E-state index contributed by atoms with van der Waals surface area (Å²) in [5.74, 6) is -0.934. The minimum absolute atomic E-state index is 0.0212. The number of nitrogens with one attached hydrogen (secondary N) is 1. The van der Waals surface area contributed by atoms with E-state index < -0.39 is 29.4 Å². The lowest BCUT2D eigenvalue weighted by molar-refractivity contribution is 0.0518. The molecule has 1 aliphatic carbocycles. The fourth-order valence-electron chi connectivity index (χ4n) is 6.25. The van der Waals surface area contributed by atoms with Gasteiger partial charge in [0.25, 0.3) is 0 Å². The van der Waals surface area contributed by atoms with Crippen LogP contribution in [0.4, 0.5) is 18.4 Å². The number of amides is 3. The van der Waals surface area contributed by atoms with Crippen LogP contribution in [0.15, 0.2) is 18.2 Å². The third kappa shape index (κ3) is 6.96. The summed E-state index contributed by atoms with van der Waals surface area (Å²) in [6, 6.07) is 3.48. The molecule has 3 aliphatic rings. The van der Waals surface area contributed by atoms with E-state index in [0.717, 1.165) is 64.1 Å². The minimum Gasteiger partial charge on any atom is -0.444 e. The van der Waals surface area contributed by atoms with Crippen molar-refractivity contribution in [1.29, 1.82) is 0 Å². The van der Waals surface area contributed by atoms with E-state index >= 15 is 0 Å². The molecule has 1 aromatic carbocycles. The van der Waals surface area contributed by atoms with Gasteiger partial charge in [0, 0.05) is 49.9 Å². The number of carbonyl (C=O) groups excluding carboxylic acids is 2.